The molecule has 1 rings (SSSR count). The van der Waals surface area contributed by atoms with E-state index in [1.165, 1.54) is 12.1 Å². The second kappa shape index (κ2) is 5.71. The van der Waals surface area contributed by atoms with Crippen LogP contribution in [0.3, 0.4) is 0 Å². The van der Waals surface area contributed by atoms with Crippen LogP contribution in [0, 0.1) is 12.3 Å². The van der Waals surface area contributed by atoms with Crippen molar-refractivity contribution >= 4 is 6.29 Å². The molecule has 0 saturated heterocycles. The van der Waals surface area contributed by atoms with Crippen LogP contribution in [0.1, 0.15) is 10.4 Å². The lowest BCUT2D eigenvalue weighted by Gasteiger charge is -2.10. The van der Waals surface area contributed by atoms with E-state index in [0.717, 1.165) is 6.07 Å². The van der Waals surface area contributed by atoms with Gasteiger partial charge in [0.15, 0.2) is 11.5 Å². The summed E-state index contributed by atoms with van der Waals surface area (Å²) in [4.78, 5) is 10.5. The standard InChI is InChI=1S/C11H8F2O3/c1-2-5-15-9-4-3-8(7-14)6-10(9)16-11(12)13/h1,3-4,6-7,11H,5H2. The van der Waals surface area contributed by atoms with E-state index < -0.39 is 6.61 Å². The molecular formula is C11H8F2O3. The van der Waals surface area contributed by atoms with Crippen LogP contribution in [0.15, 0.2) is 18.2 Å². The molecule has 84 valence electrons. The van der Waals surface area contributed by atoms with Crippen LogP contribution in [0.5, 0.6) is 11.5 Å². The highest BCUT2D eigenvalue weighted by atomic mass is 19.3. The number of halogens is 2. The van der Waals surface area contributed by atoms with Crippen LogP contribution in [-0.4, -0.2) is 19.5 Å². The maximum Gasteiger partial charge on any atom is 0.387 e. The molecule has 0 aliphatic rings. The Hall–Kier alpha value is -2.09. The van der Waals surface area contributed by atoms with Gasteiger partial charge in [0.2, 0.25) is 0 Å². The molecule has 0 aromatic heterocycles. The molecule has 0 bridgehead atoms. The molecule has 0 heterocycles. The summed E-state index contributed by atoms with van der Waals surface area (Å²) in [5.41, 5.74) is 0.212. The van der Waals surface area contributed by atoms with Gasteiger partial charge in [-0.15, -0.1) is 6.42 Å². The first-order chi connectivity index (χ1) is 7.67. The first kappa shape index (κ1) is 12.0. The maximum atomic E-state index is 12.1. The second-order valence-electron chi connectivity index (χ2n) is 2.70. The molecule has 0 atom stereocenters. The van der Waals surface area contributed by atoms with Crippen LogP contribution >= 0.6 is 0 Å². The van der Waals surface area contributed by atoms with Gasteiger partial charge in [0.25, 0.3) is 0 Å². The fourth-order valence-electron chi connectivity index (χ4n) is 1.02. The predicted molar refractivity (Wildman–Crippen MR) is 52.8 cm³/mol. The van der Waals surface area contributed by atoms with Crippen LogP contribution < -0.4 is 9.47 Å². The smallest absolute Gasteiger partial charge is 0.387 e. The average Bonchev–Trinajstić information content (AvgIpc) is 2.26. The molecule has 0 radical (unpaired) electrons. The minimum Gasteiger partial charge on any atom is -0.477 e. The SMILES string of the molecule is C#CCOc1ccc(C=O)cc1OC(F)F. The second-order valence-corrected chi connectivity index (χ2v) is 2.70. The Morgan fingerprint density at radius 3 is 2.75 bits per heavy atom. The number of aldehydes is 1. The highest BCUT2D eigenvalue weighted by Gasteiger charge is 2.11. The molecule has 1 aromatic carbocycles. The zero-order chi connectivity index (χ0) is 12.0. The van der Waals surface area contributed by atoms with Crippen molar-refractivity contribution < 1.29 is 23.0 Å². The van der Waals surface area contributed by atoms with E-state index in [1.54, 1.807) is 0 Å². The summed E-state index contributed by atoms with van der Waals surface area (Å²) in [6.07, 6.45) is 5.48. The normalized spacial score (nSPS) is 9.62. The molecule has 0 aliphatic heterocycles. The van der Waals surface area contributed by atoms with Gasteiger partial charge in [-0.3, -0.25) is 4.79 Å². The first-order valence-corrected chi connectivity index (χ1v) is 4.27. The monoisotopic (exact) mass is 226 g/mol. The van der Waals surface area contributed by atoms with E-state index in [4.69, 9.17) is 11.2 Å². The molecule has 3 nitrogen and oxygen atoms in total. The zero-order valence-electron chi connectivity index (χ0n) is 8.15. The van der Waals surface area contributed by atoms with Crippen LogP contribution in [0.25, 0.3) is 0 Å². The summed E-state index contributed by atoms with van der Waals surface area (Å²) in [5.74, 6) is 2.05. The van der Waals surface area contributed by atoms with Gasteiger partial charge >= 0.3 is 6.61 Å². The molecule has 16 heavy (non-hydrogen) atoms. The van der Waals surface area contributed by atoms with Crippen molar-refractivity contribution in [2.75, 3.05) is 6.61 Å². The van der Waals surface area contributed by atoms with Gasteiger partial charge in [-0.2, -0.15) is 8.78 Å². The van der Waals surface area contributed by atoms with Gasteiger partial charge < -0.3 is 9.47 Å². The number of benzene rings is 1. The summed E-state index contributed by atoms with van der Waals surface area (Å²) in [6.45, 7) is -3.06. The average molecular weight is 226 g/mol. The summed E-state index contributed by atoms with van der Waals surface area (Å²) in [7, 11) is 0. The van der Waals surface area contributed by atoms with E-state index in [-0.39, 0.29) is 23.7 Å². The summed E-state index contributed by atoms with van der Waals surface area (Å²) < 4.78 is 33.3. The van der Waals surface area contributed by atoms with Crippen molar-refractivity contribution in [3.05, 3.63) is 23.8 Å². The van der Waals surface area contributed by atoms with Gasteiger partial charge in [0.1, 0.15) is 12.9 Å². The van der Waals surface area contributed by atoms with Gasteiger partial charge in [-0.1, -0.05) is 5.92 Å². The zero-order valence-corrected chi connectivity index (χ0v) is 8.15. The van der Waals surface area contributed by atoms with E-state index in [0.29, 0.717) is 6.29 Å². The van der Waals surface area contributed by atoms with Gasteiger partial charge in [0.05, 0.1) is 0 Å². The predicted octanol–water partition coefficient (Wildman–Crippen LogP) is 2.11. The maximum absolute atomic E-state index is 12.1. The van der Waals surface area contributed by atoms with Crippen molar-refractivity contribution in [2.24, 2.45) is 0 Å². The number of hydrogen-bond acceptors (Lipinski definition) is 3. The van der Waals surface area contributed by atoms with Crippen LogP contribution in [0.4, 0.5) is 8.78 Å². The molecule has 0 aliphatic carbocycles. The fourth-order valence-corrected chi connectivity index (χ4v) is 1.02. The summed E-state index contributed by atoms with van der Waals surface area (Å²) in [5, 5.41) is 0. The van der Waals surface area contributed by atoms with Crippen molar-refractivity contribution in [3.8, 4) is 23.8 Å². The number of ether oxygens (including phenoxy) is 2. The minimum atomic E-state index is -2.99. The lowest BCUT2D eigenvalue weighted by molar-refractivity contribution is -0.0513. The molecule has 1 aromatic rings. The number of carbonyl (C=O) groups is 1. The molecule has 5 heteroatoms. The Labute approximate surface area is 91.0 Å². The van der Waals surface area contributed by atoms with E-state index in [1.807, 2.05) is 0 Å². The molecule has 0 fully saturated rings. The Morgan fingerprint density at radius 1 is 1.44 bits per heavy atom. The lowest BCUT2D eigenvalue weighted by atomic mass is 10.2. The summed E-state index contributed by atoms with van der Waals surface area (Å²) in [6, 6.07) is 3.92. The number of hydrogen-bond donors (Lipinski definition) is 0. The van der Waals surface area contributed by atoms with Crippen molar-refractivity contribution in [3.63, 3.8) is 0 Å². The molecule has 0 unspecified atom stereocenters. The molecule has 0 saturated carbocycles. The number of terminal acetylenes is 1. The lowest BCUT2D eigenvalue weighted by Crippen LogP contribution is -2.05. The molecule has 0 amide bonds. The van der Waals surface area contributed by atoms with Gasteiger partial charge in [-0.25, -0.2) is 0 Å². The van der Waals surface area contributed by atoms with Crippen LogP contribution in [0.2, 0.25) is 0 Å². The number of carbonyl (C=O) groups excluding carboxylic acids is 1. The van der Waals surface area contributed by atoms with Crippen molar-refractivity contribution in [1.29, 1.82) is 0 Å². The third kappa shape index (κ3) is 3.24. The minimum absolute atomic E-state index is 0.0694. The number of alkyl halides is 2. The number of rotatable bonds is 5. The Morgan fingerprint density at radius 2 is 2.19 bits per heavy atom. The fraction of sp³-hybridized carbons (Fsp3) is 0.182. The van der Waals surface area contributed by atoms with Crippen molar-refractivity contribution in [2.45, 2.75) is 6.61 Å². The third-order valence-electron chi connectivity index (χ3n) is 1.63. The Balaban J connectivity index is 2.96. The van der Waals surface area contributed by atoms with Crippen molar-refractivity contribution in [1.82, 2.24) is 0 Å². The Kier molecular flexibility index (Phi) is 4.28. The quantitative estimate of drug-likeness (QED) is 0.569. The van der Waals surface area contributed by atoms with E-state index in [2.05, 4.69) is 10.7 Å². The van der Waals surface area contributed by atoms with Gasteiger partial charge in [-0.05, 0) is 18.2 Å². The van der Waals surface area contributed by atoms with Crippen LogP contribution in [-0.2, 0) is 0 Å². The topological polar surface area (TPSA) is 35.5 Å². The van der Waals surface area contributed by atoms with Gasteiger partial charge in [0, 0.05) is 5.56 Å². The largest absolute Gasteiger partial charge is 0.477 e. The summed E-state index contributed by atoms with van der Waals surface area (Å²) >= 11 is 0. The molecular weight excluding hydrogens is 218 g/mol. The molecule has 0 spiro atoms. The third-order valence-corrected chi connectivity index (χ3v) is 1.63. The van der Waals surface area contributed by atoms with E-state index in [9.17, 15) is 13.6 Å². The van der Waals surface area contributed by atoms with E-state index >= 15 is 0 Å². The molecule has 0 N–H and O–H groups in total. The highest BCUT2D eigenvalue weighted by molar-refractivity contribution is 5.76. The highest BCUT2D eigenvalue weighted by Crippen LogP contribution is 2.29. The Bertz CT molecular complexity index is 410. The first-order valence-electron chi connectivity index (χ1n) is 4.27.